The van der Waals surface area contributed by atoms with Crippen LogP contribution in [0.5, 0.6) is 11.5 Å². The van der Waals surface area contributed by atoms with E-state index < -0.39 is 0 Å². The monoisotopic (exact) mass is 303 g/mol. The minimum absolute atomic E-state index is 0.0917. The lowest BCUT2D eigenvalue weighted by molar-refractivity contribution is -0.116. The average molecular weight is 303 g/mol. The van der Waals surface area contributed by atoms with Gasteiger partial charge >= 0.3 is 0 Å². The van der Waals surface area contributed by atoms with Gasteiger partial charge < -0.3 is 19.2 Å². The number of hydrogen-bond donors (Lipinski definition) is 1. The lowest BCUT2D eigenvalue weighted by Crippen LogP contribution is -2.13. The molecule has 118 valence electrons. The van der Waals surface area contributed by atoms with Crippen LogP contribution in [0.15, 0.2) is 41.0 Å². The second kappa shape index (κ2) is 8.12. The molecule has 5 heteroatoms. The molecule has 22 heavy (non-hydrogen) atoms. The van der Waals surface area contributed by atoms with Gasteiger partial charge in [-0.15, -0.1) is 0 Å². The molecular formula is C17H21NO4. The maximum absolute atomic E-state index is 12.1. The van der Waals surface area contributed by atoms with Crippen molar-refractivity contribution in [2.45, 2.75) is 26.7 Å². The van der Waals surface area contributed by atoms with E-state index in [1.807, 2.05) is 32.0 Å². The Morgan fingerprint density at radius 2 is 2.00 bits per heavy atom. The highest BCUT2D eigenvalue weighted by atomic mass is 16.5. The Kier molecular flexibility index (Phi) is 5.89. The summed E-state index contributed by atoms with van der Waals surface area (Å²) < 4.78 is 16.2. The summed E-state index contributed by atoms with van der Waals surface area (Å²) >= 11 is 0. The van der Waals surface area contributed by atoms with Gasteiger partial charge in [-0.3, -0.25) is 4.79 Å². The van der Waals surface area contributed by atoms with Gasteiger partial charge in [0.15, 0.2) is 0 Å². The van der Waals surface area contributed by atoms with E-state index in [0.717, 1.165) is 5.76 Å². The molecule has 0 radical (unpaired) electrons. The molecule has 2 aromatic rings. The van der Waals surface area contributed by atoms with E-state index in [1.165, 1.54) is 0 Å². The van der Waals surface area contributed by atoms with Gasteiger partial charge in [-0.2, -0.15) is 0 Å². The lowest BCUT2D eigenvalue weighted by Gasteiger charge is -2.13. The van der Waals surface area contributed by atoms with E-state index in [4.69, 9.17) is 13.9 Å². The standard InChI is InChI=1S/C17H21NO4/c1-3-20-14-7-9-16(21-4-2)15(12-14)18-17(19)10-8-13-6-5-11-22-13/h5-7,9,11-12H,3-4,8,10H2,1-2H3,(H,18,19). The molecule has 0 fully saturated rings. The van der Waals surface area contributed by atoms with E-state index in [2.05, 4.69) is 5.32 Å². The molecule has 1 N–H and O–H groups in total. The Morgan fingerprint density at radius 3 is 2.68 bits per heavy atom. The highest BCUT2D eigenvalue weighted by Gasteiger charge is 2.10. The molecule has 0 aliphatic heterocycles. The van der Waals surface area contributed by atoms with Crippen molar-refractivity contribution >= 4 is 11.6 Å². The summed E-state index contributed by atoms with van der Waals surface area (Å²) in [5.74, 6) is 2.04. The molecule has 5 nitrogen and oxygen atoms in total. The van der Waals surface area contributed by atoms with E-state index in [0.29, 0.717) is 43.2 Å². The number of benzene rings is 1. The Morgan fingerprint density at radius 1 is 1.18 bits per heavy atom. The first-order valence-electron chi connectivity index (χ1n) is 7.44. The number of hydrogen-bond acceptors (Lipinski definition) is 4. The van der Waals surface area contributed by atoms with Crippen LogP contribution in [0.3, 0.4) is 0 Å². The fourth-order valence-corrected chi connectivity index (χ4v) is 2.05. The van der Waals surface area contributed by atoms with E-state index in [1.54, 1.807) is 18.4 Å². The third-order valence-electron chi connectivity index (χ3n) is 3.01. The van der Waals surface area contributed by atoms with Crippen LogP contribution >= 0.6 is 0 Å². The summed E-state index contributed by atoms with van der Waals surface area (Å²) in [7, 11) is 0. The van der Waals surface area contributed by atoms with Crippen LogP contribution in [0.2, 0.25) is 0 Å². The van der Waals surface area contributed by atoms with Crippen LogP contribution < -0.4 is 14.8 Å². The van der Waals surface area contributed by atoms with Gasteiger partial charge in [0.25, 0.3) is 0 Å². The molecule has 2 rings (SSSR count). The maximum atomic E-state index is 12.1. The summed E-state index contributed by atoms with van der Waals surface area (Å²) in [6, 6.07) is 9.07. The van der Waals surface area contributed by atoms with Crippen molar-refractivity contribution in [3.8, 4) is 11.5 Å². The minimum atomic E-state index is -0.0917. The first-order valence-corrected chi connectivity index (χ1v) is 7.44. The summed E-state index contributed by atoms with van der Waals surface area (Å²) in [6.07, 6.45) is 2.51. The molecular weight excluding hydrogens is 282 g/mol. The largest absolute Gasteiger partial charge is 0.494 e. The SMILES string of the molecule is CCOc1ccc(OCC)c(NC(=O)CCc2ccco2)c1. The highest BCUT2D eigenvalue weighted by molar-refractivity contribution is 5.92. The first kappa shape index (κ1) is 15.9. The van der Waals surface area contributed by atoms with Crippen molar-refractivity contribution in [3.63, 3.8) is 0 Å². The number of rotatable bonds is 8. The first-order chi connectivity index (χ1) is 10.7. The van der Waals surface area contributed by atoms with E-state index in [9.17, 15) is 4.79 Å². The van der Waals surface area contributed by atoms with Crippen molar-refractivity contribution in [1.82, 2.24) is 0 Å². The van der Waals surface area contributed by atoms with Crippen LogP contribution in [0.25, 0.3) is 0 Å². The zero-order chi connectivity index (χ0) is 15.8. The normalized spacial score (nSPS) is 10.3. The number of ether oxygens (including phenoxy) is 2. The Bertz CT molecular complexity index is 593. The molecule has 0 aliphatic rings. The molecule has 0 spiro atoms. The number of nitrogens with one attached hydrogen (secondary N) is 1. The summed E-state index contributed by atoms with van der Waals surface area (Å²) in [5.41, 5.74) is 0.622. The average Bonchev–Trinajstić information content (AvgIpc) is 3.02. The second-order valence-corrected chi connectivity index (χ2v) is 4.65. The Balaban J connectivity index is 2.01. The van der Waals surface area contributed by atoms with Gasteiger partial charge in [-0.25, -0.2) is 0 Å². The van der Waals surface area contributed by atoms with Crippen LogP contribution in [0.4, 0.5) is 5.69 Å². The van der Waals surface area contributed by atoms with Crippen LogP contribution in [0.1, 0.15) is 26.0 Å². The van der Waals surface area contributed by atoms with Crippen LogP contribution in [0, 0.1) is 0 Å². The third-order valence-corrected chi connectivity index (χ3v) is 3.01. The van der Waals surface area contributed by atoms with Crippen LogP contribution in [-0.4, -0.2) is 19.1 Å². The quantitative estimate of drug-likeness (QED) is 0.808. The number of aryl methyl sites for hydroxylation is 1. The molecule has 1 heterocycles. The van der Waals surface area contributed by atoms with Gasteiger partial charge in [0, 0.05) is 18.9 Å². The highest BCUT2D eigenvalue weighted by Crippen LogP contribution is 2.29. The molecule has 0 saturated heterocycles. The van der Waals surface area contributed by atoms with Crippen molar-refractivity contribution in [2.75, 3.05) is 18.5 Å². The van der Waals surface area contributed by atoms with E-state index >= 15 is 0 Å². The smallest absolute Gasteiger partial charge is 0.224 e. The summed E-state index contributed by atoms with van der Waals surface area (Å²) in [5, 5.41) is 2.87. The number of carbonyl (C=O) groups is 1. The van der Waals surface area contributed by atoms with Gasteiger partial charge in [-0.1, -0.05) is 0 Å². The van der Waals surface area contributed by atoms with Gasteiger partial charge in [0.1, 0.15) is 17.3 Å². The zero-order valence-corrected chi connectivity index (χ0v) is 12.9. The minimum Gasteiger partial charge on any atom is -0.494 e. The molecule has 1 aromatic carbocycles. The van der Waals surface area contributed by atoms with E-state index in [-0.39, 0.29) is 5.91 Å². The molecule has 1 amide bonds. The molecule has 0 atom stereocenters. The predicted octanol–water partition coefficient (Wildman–Crippen LogP) is 3.65. The van der Waals surface area contributed by atoms with Crippen molar-refractivity contribution < 1.29 is 18.7 Å². The third kappa shape index (κ3) is 4.55. The Labute approximate surface area is 130 Å². The number of anilines is 1. The fraction of sp³-hybridized carbons (Fsp3) is 0.353. The molecule has 0 aliphatic carbocycles. The summed E-state index contributed by atoms with van der Waals surface area (Å²) in [4.78, 5) is 12.1. The second-order valence-electron chi connectivity index (χ2n) is 4.65. The van der Waals surface area contributed by atoms with Crippen molar-refractivity contribution in [3.05, 3.63) is 42.4 Å². The zero-order valence-electron chi connectivity index (χ0n) is 12.9. The molecule has 0 saturated carbocycles. The Hall–Kier alpha value is -2.43. The number of amides is 1. The van der Waals surface area contributed by atoms with Crippen molar-refractivity contribution in [1.29, 1.82) is 0 Å². The predicted molar refractivity (Wildman–Crippen MR) is 84.4 cm³/mol. The topological polar surface area (TPSA) is 60.7 Å². The van der Waals surface area contributed by atoms with Crippen molar-refractivity contribution in [2.24, 2.45) is 0 Å². The molecule has 0 bridgehead atoms. The van der Waals surface area contributed by atoms with Gasteiger partial charge in [0.05, 0.1) is 25.2 Å². The molecule has 0 unspecified atom stereocenters. The number of furan rings is 1. The van der Waals surface area contributed by atoms with Gasteiger partial charge in [-0.05, 0) is 38.1 Å². The summed E-state index contributed by atoms with van der Waals surface area (Å²) in [6.45, 7) is 4.92. The lowest BCUT2D eigenvalue weighted by atomic mass is 10.2. The van der Waals surface area contributed by atoms with Crippen LogP contribution in [-0.2, 0) is 11.2 Å². The fourth-order valence-electron chi connectivity index (χ4n) is 2.05. The maximum Gasteiger partial charge on any atom is 0.224 e. The number of carbonyl (C=O) groups excluding carboxylic acids is 1. The molecule has 1 aromatic heterocycles. The van der Waals surface area contributed by atoms with Gasteiger partial charge in [0.2, 0.25) is 5.91 Å².